The number of rotatable bonds is 4. The van der Waals surface area contributed by atoms with E-state index >= 15 is 0 Å². The van der Waals surface area contributed by atoms with Crippen LogP contribution < -0.4 is 0 Å². The van der Waals surface area contributed by atoms with Crippen LogP contribution in [0.3, 0.4) is 0 Å². The van der Waals surface area contributed by atoms with E-state index in [1.165, 1.54) is 0 Å². The number of aryl methyl sites for hydroxylation is 1. The predicted octanol–water partition coefficient (Wildman–Crippen LogP) is 1.85. The van der Waals surface area contributed by atoms with Crippen LogP contribution in [0.5, 0.6) is 0 Å². The van der Waals surface area contributed by atoms with Gasteiger partial charge in [-0.05, 0) is 18.6 Å². The van der Waals surface area contributed by atoms with E-state index in [1.54, 1.807) is 12.3 Å². The van der Waals surface area contributed by atoms with Crippen LogP contribution >= 0.6 is 0 Å². The van der Waals surface area contributed by atoms with Gasteiger partial charge in [0.25, 0.3) is 0 Å². The van der Waals surface area contributed by atoms with Gasteiger partial charge in [-0.15, -0.1) is 0 Å². The van der Waals surface area contributed by atoms with Crippen LogP contribution in [-0.2, 0) is 11.2 Å². The summed E-state index contributed by atoms with van der Waals surface area (Å²) in [5.41, 5.74) is 0. The van der Waals surface area contributed by atoms with Crippen molar-refractivity contribution in [2.24, 2.45) is 0 Å². The molecule has 0 aliphatic carbocycles. The molecule has 0 aliphatic heterocycles. The molecule has 0 saturated heterocycles. The maximum Gasteiger partial charge on any atom is 0.327 e. The van der Waals surface area contributed by atoms with Crippen molar-refractivity contribution >= 4 is 5.97 Å². The van der Waals surface area contributed by atoms with Crippen LogP contribution in [0.2, 0.25) is 0 Å². The van der Waals surface area contributed by atoms with Crippen LogP contribution in [0.15, 0.2) is 35.0 Å². The first-order valence-corrected chi connectivity index (χ1v) is 3.71. The van der Waals surface area contributed by atoms with Crippen molar-refractivity contribution in [2.75, 3.05) is 0 Å². The SMILES string of the molecule is O=C(O)C=CCCc1ccco1. The molecule has 0 bridgehead atoms. The number of carboxylic acids is 1. The third-order valence-corrected chi connectivity index (χ3v) is 1.40. The van der Waals surface area contributed by atoms with E-state index in [4.69, 9.17) is 9.52 Å². The van der Waals surface area contributed by atoms with Gasteiger partial charge >= 0.3 is 5.97 Å². The minimum atomic E-state index is -0.908. The van der Waals surface area contributed by atoms with Gasteiger partial charge in [-0.2, -0.15) is 0 Å². The largest absolute Gasteiger partial charge is 0.478 e. The molecule has 1 heterocycles. The quantitative estimate of drug-likeness (QED) is 0.694. The van der Waals surface area contributed by atoms with Gasteiger partial charge in [-0.3, -0.25) is 0 Å². The molecule has 0 fully saturated rings. The predicted molar refractivity (Wildman–Crippen MR) is 43.8 cm³/mol. The number of aliphatic carboxylic acids is 1. The second kappa shape index (κ2) is 4.38. The highest BCUT2D eigenvalue weighted by Gasteiger charge is 1.92. The van der Waals surface area contributed by atoms with Gasteiger partial charge in [0.1, 0.15) is 5.76 Å². The first-order valence-electron chi connectivity index (χ1n) is 3.71. The molecule has 12 heavy (non-hydrogen) atoms. The summed E-state index contributed by atoms with van der Waals surface area (Å²) >= 11 is 0. The van der Waals surface area contributed by atoms with Crippen LogP contribution in [0.4, 0.5) is 0 Å². The van der Waals surface area contributed by atoms with Crippen LogP contribution in [0.25, 0.3) is 0 Å². The molecule has 0 unspecified atom stereocenters. The maximum absolute atomic E-state index is 10.1. The molecule has 3 nitrogen and oxygen atoms in total. The second-order valence-electron chi connectivity index (χ2n) is 2.36. The first-order chi connectivity index (χ1) is 5.79. The molecule has 0 spiro atoms. The van der Waals surface area contributed by atoms with Crippen LogP contribution in [0, 0.1) is 0 Å². The van der Waals surface area contributed by atoms with E-state index in [9.17, 15) is 4.79 Å². The highest BCUT2D eigenvalue weighted by molar-refractivity contribution is 5.79. The zero-order chi connectivity index (χ0) is 8.81. The zero-order valence-electron chi connectivity index (χ0n) is 6.56. The van der Waals surface area contributed by atoms with E-state index in [0.717, 1.165) is 18.3 Å². The molecule has 0 aliphatic rings. The fourth-order valence-electron chi connectivity index (χ4n) is 0.865. The van der Waals surface area contributed by atoms with E-state index in [0.29, 0.717) is 6.42 Å². The molecule has 0 radical (unpaired) electrons. The third kappa shape index (κ3) is 3.05. The monoisotopic (exact) mass is 166 g/mol. The summed E-state index contributed by atoms with van der Waals surface area (Å²) < 4.78 is 5.06. The number of hydrogen-bond acceptors (Lipinski definition) is 2. The highest BCUT2D eigenvalue weighted by atomic mass is 16.4. The summed E-state index contributed by atoms with van der Waals surface area (Å²) in [5.74, 6) is -0.0283. The third-order valence-electron chi connectivity index (χ3n) is 1.40. The second-order valence-corrected chi connectivity index (χ2v) is 2.36. The van der Waals surface area contributed by atoms with Crippen molar-refractivity contribution in [3.63, 3.8) is 0 Å². The zero-order valence-corrected chi connectivity index (χ0v) is 6.56. The lowest BCUT2D eigenvalue weighted by atomic mass is 10.2. The fourth-order valence-corrected chi connectivity index (χ4v) is 0.865. The maximum atomic E-state index is 10.1. The smallest absolute Gasteiger partial charge is 0.327 e. The number of hydrogen-bond donors (Lipinski definition) is 1. The summed E-state index contributed by atoms with van der Waals surface area (Å²) in [6.07, 6.45) is 5.81. The van der Waals surface area contributed by atoms with Crippen molar-refractivity contribution < 1.29 is 14.3 Å². The lowest BCUT2D eigenvalue weighted by Crippen LogP contribution is -1.86. The van der Waals surface area contributed by atoms with Gasteiger partial charge in [-0.25, -0.2) is 4.79 Å². The minimum Gasteiger partial charge on any atom is -0.478 e. The molecule has 1 aromatic heterocycles. The van der Waals surface area contributed by atoms with Crippen molar-refractivity contribution in [3.05, 3.63) is 36.3 Å². The normalized spacial score (nSPS) is 10.7. The number of carboxylic acid groups (broad SMARTS) is 1. The Hall–Kier alpha value is -1.51. The molecule has 0 atom stereocenters. The van der Waals surface area contributed by atoms with Crippen LogP contribution in [-0.4, -0.2) is 11.1 Å². The Bertz CT molecular complexity index is 259. The molecule has 0 aromatic carbocycles. The lowest BCUT2D eigenvalue weighted by molar-refractivity contribution is -0.131. The Kier molecular flexibility index (Phi) is 3.14. The van der Waals surface area contributed by atoms with Gasteiger partial charge in [-0.1, -0.05) is 6.08 Å². The molecule has 0 saturated carbocycles. The highest BCUT2D eigenvalue weighted by Crippen LogP contribution is 2.03. The molecule has 1 N–H and O–H groups in total. The van der Waals surface area contributed by atoms with E-state index in [2.05, 4.69) is 0 Å². The van der Waals surface area contributed by atoms with Gasteiger partial charge in [0.05, 0.1) is 6.26 Å². The van der Waals surface area contributed by atoms with Gasteiger partial charge in [0.15, 0.2) is 0 Å². The lowest BCUT2D eigenvalue weighted by Gasteiger charge is -1.88. The van der Waals surface area contributed by atoms with Gasteiger partial charge in [0.2, 0.25) is 0 Å². The molecule has 3 heteroatoms. The van der Waals surface area contributed by atoms with Crippen LogP contribution in [0.1, 0.15) is 12.2 Å². The van der Waals surface area contributed by atoms with E-state index in [-0.39, 0.29) is 0 Å². The van der Waals surface area contributed by atoms with Gasteiger partial charge < -0.3 is 9.52 Å². The Morgan fingerprint density at radius 1 is 1.67 bits per heavy atom. The summed E-state index contributed by atoms with van der Waals surface area (Å²) in [7, 11) is 0. The average molecular weight is 166 g/mol. The molecule has 64 valence electrons. The summed E-state index contributed by atoms with van der Waals surface area (Å²) in [6.45, 7) is 0. The Morgan fingerprint density at radius 2 is 2.50 bits per heavy atom. The summed E-state index contributed by atoms with van der Waals surface area (Å²) in [4.78, 5) is 10.1. The molecular formula is C9H10O3. The number of furan rings is 1. The molecule has 0 amide bonds. The standard InChI is InChI=1S/C9H10O3/c10-9(11)6-2-1-4-8-5-3-7-12-8/h2-3,5-7H,1,4H2,(H,10,11). The number of allylic oxidation sites excluding steroid dienone is 1. The average Bonchev–Trinajstić information content (AvgIpc) is 2.49. The molecule has 1 rings (SSSR count). The summed E-state index contributed by atoms with van der Waals surface area (Å²) in [5, 5.41) is 8.26. The van der Waals surface area contributed by atoms with Crippen molar-refractivity contribution in [1.29, 1.82) is 0 Å². The fraction of sp³-hybridized carbons (Fsp3) is 0.222. The topological polar surface area (TPSA) is 50.4 Å². The van der Waals surface area contributed by atoms with E-state index in [1.807, 2.05) is 12.1 Å². The van der Waals surface area contributed by atoms with Gasteiger partial charge in [0, 0.05) is 12.5 Å². The van der Waals surface area contributed by atoms with Crippen molar-refractivity contribution in [1.82, 2.24) is 0 Å². The minimum absolute atomic E-state index is 0.694. The number of carbonyl (C=O) groups is 1. The molecular weight excluding hydrogens is 156 g/mol. The first kappa shape index (κ1) is 8.59. The molecule has 1 aromatic rings. The van der Waals surface area contributed by atoms with Crippen molar-refractivity contribution in [3.8, 4) is 0 Å². The Labute approximate surface area is 70.3 Å². The van der Waals surface area contributed by atoms with Crippen molar-refractivity contribution in [2.45, 2.75) is 12.8 Å². The summed E-state index contributed by atoms with van der Waals surface area (Å²) in [6, 6.07) is 3.69. The Balaban J connectivity index is 2.23. The Morgan fingerprint density at radius 3 is 3.08 bits per heavy atom. The van der Waals surface area contributed by atoms with E-state index < -0.39 is 5.97 Å².